The topological polar surface area (TPSA) is 59.8 Å². The van der Waals surface area contributed by atoms with E-state index >= 15 is 0 Å². The van der Waals surface area contributed by atoms with E-state index < -0.39 is 0 Å². The number of fused-ring (bicyclic) bond motifs is 2. The van der Waals surface area contributed by atoms with Crippen LogP contribution in [0.2, 0.25) is 0 Å². The van der Waals surface area contributed by atoms with Gasteiger partial charge in [0.05, 0.1) is 22.1 Å². The van der Waals surface area contributed by atoms with Crippen molar-refractivity contribution in [1.82, 2.24) is 19.9 Å². The molecule has 142 valence electrons. The number of aryl methyl sites for hydroxylation is 1. The normalized spacial score (nSPS) is 11.4. The highest BCUT2D eigenvalue weighted by Gasteiger charge is 2.14. The molecule has 5 nitrogen and oxygen atoms in total. The number of nitrogens with one attached hydrogen (secondary N) is 1. The van der Waals surface area contributed by atoms with Crippen LogP contribution in [0.1, 0.15) is 41.6 Å². The summed E-state index contributed by atoms with van der Waals surface area (Å²) >= 11 is 0. The summed E-state index contributed by atoms with van der Waals surface area (Å²) in [6.45, 7) is 7.39. The summed E-state index contributed by atoms with van der Waals surface area (Å²) in [4.78, 5) is 22.2. The van der Waals surface area contributed by atoms with Gasteiger partial charge in [-0.25, -0.2) is 4.98 Å². The Bertz CT molecular complexity index is 1160. The minimum atomic E-state index is -0.0671. The van der Waals surface area contributed by atoms with Gasteiger partial charge >= 0.3 is 0 Å². The summed E-state index contributed by atoms with van der Waals surface area (Å²) in [7, 11) is 0. The Labute approximate surface area is 164 Å². The summed E-state index contributed by atoms with van der Waals surface area (Å²) in [5.41, 5.74) is 4.54. The van der Waals surface area contributed by atoms with Gasteiger partial charge in [0.2, 0.25) is 0 Å². The van der Waals surface area contributed by atoms with Crippen LogP contribution in [0.15, 0.2) is 54.6 Å². The molecule has 4 aromatic rings. The van der Waals surface area contributed by atoms with Crippen molar-refractivity contribution in [3.05, 3.63) is 71.7 Å². The van der Waals surface area contributed by atoms with Crippen LogP contribution in [-0.2, 0) is 6.54 Å². The van der Waals surface area contributed by atoms with Gasteiger partial charge in [-0.15, -0.1) is 0 Å². The van der Waals surface area contributed by atoms with Crippen molar-refractivity contribution in [3.63, 3.8) is 0 Å². The molecule has 0 radical (unpaired) electrons. The Kier molecular flexibility index (Phi) is 4.82. The van der Waals surface area contributed by atoms with Gasteiger partial charge < -0.3 is 9.88 Å². The first-order chi connectivity index (χ1) is 13.5. The van der Waals surface area contributed by atoms with Crippen LogP contribution < -0.4 is 5.32 Å². The molecular weight excluding hydrogens is 348 g/mol. The number of carbonyl (C=O) groups is 1. The number of hydrogen-bond acceptors (Lipinski definition) is 3. The van der Waals surface area contributed by atoms with E-state index in [2.05, 4.69) is 34.8 Å². The molecule has 2 aromatic heterocycles. The van der Waals surface area contributed by atoms with E-state index in [0.29, 0.717) is 18.7 Å². The van der Waals surface area contributed by atoms with Gasteiger partial charge in [-0.05, 0) is 37.1 Å². The Hall–Kier alpha value is -3.21. The lowest BCUT2D eigenvalue weighted by atomic mass is 10.0. The molecule has 2 aromatic carbocycles. The summed E-state index contributed by atoms with van der Waals surface area (Å²) in [6.07, 6.45) is 0. The maximum absolute atomic E-state index is 12.9. The number of aromatic nitrogens is 3. The Morgan fingerprint density at radius 3 is 2.54 bits per heavy atom. The predicted octanol–water partition coefficient (Wildman–Crippen LogP) is 4.45. The van der Waals surface area contributed by atoms with Crippen molar-refractivity contribution >= 4 is 27.8 Å². The maximum Gasteiger partial charge on any atom is 0.252 e. The van der Waals surface area contributed by atoms with Gasteiger partial charge in [0.25, 0.3) is 5.91 Å². The number of pyridine rings is 1. The van der Waals surface area contributed by atoms with Crippen LogP contribution in [0.3, 0.4) is 0 Å². The zero-order valence-electron chi connectivity index (χ0n) is 16.4. The van der Waals surface area contributed by atoms with Gasteiger partial charge in [0.1, 0.15) is 5.82 Å². The van der Waals surface area contributed by atoms with Crippen LogP contribution in [-0.4, -0.2) is 27.0 Å². The fourth-order valence-corrected chi connectivity index (χ4v) is 3.53. The van der Waals surface area contributed by atoms with Crippen LogP contribution in [0.5, 0.6) is 0 Å². The summed E-state index contributed by atoms with van der Waals surface area (Å²) in [5.74, 6) is 1.14. The molecular formula is C23H24N4O. The van der Waals surface area contributed by atoms with Crippen LogP contribution in [0, 0.1) is 6.92 Å². The summed E-state index contributed by atoms with van der Waals surface area (Å²) in [6, 6.07) is 17.8. The van der Waals surface area contributed by atoms with E-state index in [0.717, 1.165) is 33.5 Å². The SMILES string of the molecule is Cc1nc2ccccc2n1CCNC(=O)c1cc(C(C)C)nc2ccccc12. The first-order valence-corrected chi connectivity index (χ1v) is 9.64. The fourth-order valence-electron chi connectivity index (χ4n) is 3.53. The van der Waals surface area contributed by atoms with E-state index in [1.165, 1.54) is 0 Å². The molecule has 0 aliphatic heterocycles. The third kappa shape index (κ3) is 3.36. The molecule has 0 spiro atoms. The molecule has 0 bridgehead atoms. The second-order valence-corrected chi connectivity index (χ2v) is 7.32. The average Bonchev–Trinajstić information content (AvgIpc) is 3.02. The van der Waals surface area contributed by atoms with Crippen molar-refractivity contribution in [2.24, 2.45) is 0 Å². The molecule has 2 heterocycles. The lowest BCUT2D eigenvalue weighted by Gasteiger charge is -2.13. The van der Waals surface area contributed by atoms with Crippen molar-refractivity contribution < 1.29 is 4.79 Å². The molecule has 4 rings (SSSR count). The lowest BCUT2D eigenvalue weighted by molar-refractivity contribution is 0.0954. The number of rotatable bonds is 5. The molecule has 1 amide bonds. The predicted molar refractivity (Wildman–Crippen MR) is 113 cm³/mol. The minimum absolute atomic E-state index is 0.0671. The highest BCUT2D eigenvalue weighted by molar-refractivity contribution is 6.06. The Morgan fingerprint density at radius 1 is 1.04 bits per heavy atom. The van der Waals surface area contributed by atoms with E-state index in [1.807, 2.05) is 55.5 Å². The highest BCUT2D eigenvalue weighted by Crippen LogP contribution is 2.22. The Morgan fingerprint density at radius 2 is 1.75 bits per heavy atom. The number of nitrogens with zero attached hydrogens (tertiary/aromatic N) is 3. The van der Waals surface area contributed by atoms with Crippen LogP contribution in [0.4, 0.5) is 0 Å². The van der Waals surface area contributed by atoms with Crippen molar-refractivity contribution in [1.29, 1.82) is 0 Å². The summed E-state index contributed by atoms with van der Waals surface area (Å²) < 4.78 is 2.14. The molecule has 0 aliphatic rings. The molecule has 0 unspecified atom stereocenters. The van der Waals surface area contributed by atoms with Gasteiger partial charge in [0.15, 0.2) is 0 Å². The molecule has 5 heteroatoms. The number of amides is 1. The van der Waals surface area contributed by atoms with Crippen LogP contribution in [0.25, 0.3) is 21.9 Å². The smallest absolute Gasteiger partial charge is 0.252 e. The first kappa shape index (κ1) is 18.2. The number of imidazole rings is 1. The molecule has 0 atom stereocenters. The standard InChI is InChI=1S/C23H24N4O/c1-15(2)21-14-18(17-8-4-5-9-19(17)26-21)23(28)24-12-13-27-16(3)25-20-10-6-7-11-22(20)27/h4-11,14-15H,12-13H2,1-3H3,(H,24,28). The third-order valence-electron chi connectivity index (χ3n) is 5.04. The van der Waals surface area contributed by atoms with E-state index in [4.69, 9.17) is 4.98 Å². The van der Waals surface area contributed by atoms with Gasteiger partial charge in [-0.2, -0.15) is 0 Å². The second-order valence-electron chi connectivity index (χ2n) is 7.32. The second kappa shape index (κ2) is 7.43. The molecule has 1 N–H and O–H groups in total. The van der Waals surface area contributed by atoms with E-state index in [-0.39, 0.29) is 11.8 Å². The zero-order valence-corrected chi connectivity index (χ0v) is 16.4. The van der Waals surface area contributed by atoms with E-state index in [9.17, 15) is 4.79 Å². The van der Waals surface area contributed by atoms with Gasteiger partial charge in [0, 0.05) is 24.2 Å². The largest absolute Gasteiger partial charge is 0.350 e. The van der Waals surface area contributed by atoms with E-state index in [1.54, 1.807) is 0 Å². The molecule has 0 aliphatic carbocycles. The van der Waals surface area contributed by atoms with Crippen LogP contribution >= 0.6 is 0 Å². The molecule has 0 saturated carbocycles. The van der Waals surface area contributed by atoms with Gasteiger partial charge in [-0.3, -0.25) is 9.78 Å². The zero-order chi connectivity index (χ0) is 19.7. The Balaban J connectivity index is 1.56. The molecule has 0 fully saturated rings. The van der Waals surface area contributed by atoms with Crippen molar-refractivity contribution in [3.8, 4) is 0 Å². The number of hydrogen-bond donors (Lipinski definition) is 1. The van der Waals surface area contributed by atoms with Crippen molar-refractivity contribution in [2.75, 3.05) is 6.54 Å². The average molecular weight is 372 g/mol. The monoisotopic (exact) mass is 372 g/mol. The number of benzene rings is 2. The highest BCUT2D eigenvalue weighted by atomic mass is 16.1. The summed E-state index contributed by atoms with van der Waals surface area (Å²) in [5, 5.41) is 3.96. The quantitative estimate of drug-likeness (QED) is 0.563. The third-order valence-corrected chi connectivity index (χ3v) is 5.04. The molecule has 0 saturated heterocycles. The maximum atomic E-state index is 12.9. The molecule has 28 heavy (non-hydrogen) atoms. The minimum Gasteiger partial charge on any atom is -0.350 e. The first-order valence-electron chi connectivity index (χ1n) is 9.64. The number of para-hydroxylation sites is 3. The van der Waals surface area contributed by atoms with Gasteiger partial charge in [-0.1, -0.05) is 44.2 Å². The number of carbonyl (C=O) groups excluding carboxylic acids is 1. The van der Waals surface area contributed by atoms with Crippen molar-refractivity contribution in [2.45, 2.75) is 33.2 Å². The fraction of sp³-hybridized carbons (Fsp3) is 0.261. The lowest BCUT2D eigenvalue weighted by Crippen LogP contribution is -2.28.